The minimum atomic E-state index is 0. The fourth-order valence-electron chi connectivity index (χ4n) is 6.18. The predicted octanol–water partition coefficient (Wildman–Crippen LogP) is 12.3. The van der Waals surface area contributed by atoms with Crippen molar-refractivity contribution < 1.29 is 9.41 Å². The maximum absolute atomic E-state index is 6.82. The SMILES string of the molecule is CCCCCCCCCCCCCCCCCC(N)C(CCCCCCCCC)CCCCCCCCN.F.F. The predicted molar refractivity (Wildman–Crippen MR) is 180 cm³/mol. The second kappa shape index (κ2) is 38.8. The first-order valence-electron chi connectivity index (χ1n) is 18.2. The summed E-state index contributed by atoms with van der Waals surface area (Å²) in [5.74, 6) is 0.765. The van der Waals surface area contributed by atoms with Crippen molar-refractivity contribution in [2.24, 2.45) is 17.4 Å². The third-order valence-corrected chi connectivity index (χ3v) is 8.95. The third-order valence-electron chi connectivity index (χ3n) is 8.95. The molecule has 0 bridgehead atoms. The van der Waals surface area contributed by atoms with Crippen LogP contribution >= 0.6 is 0 Å². The number of hydrogen-bond acceptors (Lipinski definition) is 2. The topological polar surface area (TPSA) is 52.0 Å². The Morgan fingerprint density at radius 1 is 0.350 bits per heavy atom. The molecular weight excluding hydrogens is 498 g/mol. The molecule has 0 saturated carbocycles. The summed E-state index contributed by atoms with van der Waals surface area (Å²) in [5, 5.41) is 0. The number of rotatable bonds is 33. The van der Waals surface area contributed by atoms with Crippen molar-refractivity contribution in [1.82, 2.24) is 0 Å². The molecule has 0 aliphatic rings. The van der Waals surface area contributed by atoms with Gasteiger partial charge in [0, 0.05) is 6.04 Å². The van der Waals surface area contributed by atoms with Crippen LogP contribution in [-0.4, -0.2) is 12.6 Å². The lowest BCUT2D eigenvalue weighted by molar-refractivity contribution is 0.321. The lowest BCUT2D eigenvalue weighted by atomic mass is 9.86. The van der Waals surface area contributed by atoms with Crippen molar-refractivity contribution in [1.29, 1.82) is 0 Å². The van der Waals surface area contributed by atoms with Crippen molar-refractivity contribution in [2.75, 3.05) is 6.54 Å². The normalized spacial score (nSPS) is 12.6. The summed E-state index contributed by atoms with van der Waals surface area (Å²) in [6.45, 7) is 5.47. The first-order chi connectivity index (χ1) is 18.8. The average molecular weight is 577 g/mol. The molecule has 0 aromatic carbocycles. The Bertz CT molecular complexity index is 404. The molecule has 0 saturated heterocycles. The highest BCUT2D eigenvalue weighted by Gasteiger charge is 2.17. The van der Waals surface area contributed by atoms with Crippen LogP contribution in [0, 0.1) is 5.92 Å². The van der Waals surface area contributed by atoms with Gasteiger partial charge in [-0.1, -0.05) is 187 Å². The minimum absolute atomic E-state index is 0. The zero-order chi connectivity index (χ0) is 27.8. The summed E-state index contributed by atoms with van der Waals surface area (Å²) in [6, 6.07) is 0.439. The van der Waals surface area contributed by atoms with Crippen molar-refractivity contribution in [3.63, 3.8) is 0 Å². The van der Waals surface area contributed by atoms with Crippen LogP contribution in [0.3, 0.4) is 0 Å². The Morgan fingerprint density at radius 3 is 0.900 bits per heavy atom. The highest BCUT2D eigenvalue weighted by Crippen LogP contribution is 2.24. The molecule has 246 valence electrons. The molecule has 4 N–H and O–H groups in total. The maximum Gasteiger partial charge on any atom is 0.00671 e. The van der Waals surface area contributed by atoms with Crippen LogP contribution in [0.4, 0.5) is 9.41 Å². The molecule has 2 atom stereocenters. The molecule has 0 amide bonds. The summed E-state index contributed by atoms with van der Waals surface area (Å²) in [7, 11) is 0. The van der Waals surface area contributed by atoms with Crippen molar-refractivity contribution in [3.05, 3.63) is 0 Å². The first-order valence-corrected chi connectivity index (χ1v) is 18.2. The van der Waals surface area contributed by atoms with Crippen LogP contribution < -0.4 is 11.5 Å². The molecule has 40 heavy (non-hydrogen) atoms. The van der Waals surface area contributed by atoms with Gasteiger partial charge in [-0.15, -0.1) is 0 Å². The smallest absolute Gasteiger partial charge is 0.00671 e. The quantitative estimate of drug-likeness (QED) is 0.0763. The number of hydrogen-bond donors (Lipinski definition) is 2. The van der Waals surface area contributed by atoms with E-state index < -0.39 is 0 Å². The summed E-state index contributed by atoms with van der Waals surface area (Å²) in [6.07, 6.45) is 43.5. The Kier molecular flexibility index (Phi) is 42.9. The van der Waals surface area contributed by atoms with Gasteiger partial charge >= 0.3 is 0 Å². The molecule has 0 radical (unpaired) electrons. The molecular formula is C36H78F2N2. The molecule has 0 rings (SSSR count). The van der Waals surface area contributed by atoms with E-state index in [1.165, 1.54) is 199 Å². The molecule has 2 unspecified atom stereocenters. The van der Waals surface area contributed by atoms with E-state index in [0.717, 1.165) is 12.5 Å². The summed E-state index contributed by atoms with van der Waals surface area (Å²) >= 11 is 0. The molecule has 0 fully saturated rings. The van der Waals surface area contributed by atoms with Crippen LogP contribution in [0.5, 0.6) is 0 Å². The average Bonchev–Trinajstić information content (AvgIpc) is 2.92. The number of halogens is 2. The number of nitrogens with two attached hydrogens (primary N) is 2. The van der Waals surface area contributed by atoms with E-state index in [1.54, 1.807) is 0 Å². The van der Waals surface area contributed by atoms with Gasteiger partial charge in [0.25, 0.3) is 0 Å². The van der Waals surface area contributed by atoms with Crippen LogP contribution in [-0.2, 0) is 0 Å². The summed E-state index contributed by atoms with van der Waals surface area (Å²) in [5.41, 5.74) is 12.5. The Labute approximate surface area is 252 Å². The van der Waals surface area contributed by atoms with E-state index >= 15 is 0 Å². The van der Waals surface area contributed by atoms with E-state index in [-0.39, 0.29) is 9.41 Å². The maximum atomic E-state index is 6.82. The second-order valence-electron chi connectivity index (χ2n) is 12.8. The molecule has 0 heterocycles. The van der Waals surface area contributed by atoms with Gasteiger partial charge < -0.3 is 11.5 Å². The Hall–Kier alpha value is -0.220. The lowest BCUT2D eigenvalue weighted by Crippen LogP contribution is -2.30. The Morgan fingerprint density at radius 2 is 0.600 bits per heavy atom. The largest absolute Gasteiger partial charge is 0.330 e. The van der Waals surface area contributed by atoms with Gasteiger partial charge in [0.2, 0.25) is 0 Å². The highest BCUT2D eigenvalue weighted by atomic mass is 19.0. The van der Waals surface area contributed by atoms with Crippen LogP contribution in [0.25, 0.3) is 0 Å². The molecule has 2 nitrogen and oxygen atoms in total. The second-order valence-corrected chi connectivity index (χ2v) is 12.8. The van der Waals surface area contributed by atoms with Crippen LogP contribution in [0.15, 0.2) is 0 Å². The third kappa shape index (κ3) is 34.0. The molecule has 0 spiro atoms. The van der Waals surface area contributed by atoms with E-state index in [1.807, 2.05) is 0 Å². The van der Waals surface area contributed by atoms with Gasteiger partial charge in [0.15, 0.2) is 0 Å². The zero-order valence-electron chi connectivity index (χ0n) is 27.8. The molecule has 0 aliphatic heterocycles. The minimum Gasteiger partial charge on any atom is -0.330 e. The van der Waals surface area contributed by atoms with Crippen LogP contribution in [0.2, 0.25) is 0 Å². The first kappa shape index (κ1) is 44.2. The molecule has 4 heteroatoms. The standard InChI is InChI=1S/C36H76N2.2FH/c1-3-5-7-9-11-12-13-14-15-16-17-18-20-25-29-33-36(38)35(31-27-23-19-10-8-6-4-2)32-28-24-21-22-26-30-34-37;;/h35-36H,3-34,37-38H2,1-2H3;2*1H. The fraction of sp³-hybridized carbons (Fsp3) is 1.00. The monoisotopic (exact) mass is 577 g/mol. The van der Waals surface area contributed by atoms with Crippen molar-refractivity contribution in [3.8, 4) is 0 Å². The van der Waals surface area contributed by atoms with E-state index in [4.69, 9.17) is 11.5 Å². The summed E-state index contributed by atoms with van der Waals surface area (Å²) in [4.78, 5) is 0. The van der Waals surface area contributed by atoms with Gasteiger partial charge in [0.05, 0.1) is 0 Å². The molecule has 0 aromatic heterocycles. The van der Waals surface area contributed by atoms with E-state index in [0.29, 0.717) is 6.04 Å². The molecule has 0 aliphatic carbocycles. The van der Waals surface area contributed by atoms with Gasteiger partial charge in [-0.25, -0.2) is 0 Å². The van der Waals surface area contributed by atoms with Crippen molar-refractivity contribution in [2.45, 2.75) is 219 Å². The van der Waals surface area contributed by atoms with Gasteiger partial charge in [-0.2, -0.15) is 0 Å². The van der Waals surface area contributed by atoms with E-state index in [9.17, 15) is 0 Å². The zero-order valence-corrected chi connectivity index (χ0v) is 27.8. The van der Waals surface area contributed by atoms with Gasteiger partial charge in [-0.3, -0.25) is 9.41 Å². The van der Waals surface area contributed by atoms with Crippen molar-refractivity contribution >= 4 is 0 Å². The lowest BCUT2D eigenvalue weighted by Gasteiger charge is -2.24. The van der Waals surface area contributed by atoms with Gasteiger partial charge in [-0.05, 0) is 38.1 Å². The summed E-state index contributed by atoms with van der Waals surface area (Å²) < 4.78 is 0. The van der Waals surface area contributed by atoms with Crippen LogP contribution in [0.1, 0.15) is 213 Å². The van der Waals surface area contributed by atoms with E-state index in [2.05, 4.69) is 13.8 Å². The fourth-order valence-corrected chi connectivity index (χ4v) is 6.18. The number of unbranched alkanes of at least 4 members (excludes halogenated alkanes) is 25. The highest BCUT2D eigenvalue weighted by molar-refractivity contribution is 4.74. The van der Waals surface area contributed by atoms with Gasteiger partial charge in [0.1, 0.15) is 0 Å². The Balaban J connectivity index is -0.00000684. The molecule has 0 aromatic rings.